The molecule has 5 nitrogen and oxygen atoms in total. The van der Waals surface area contributed by atoms with Crippen molar-refractivity contribution in [2.24, 2.45) is 11.7 Å². The SMILES string of the molecule is Cl.NCC1(c2cccc(Cl)c2)CCC(N(CC2CC2)C(=O)c2ccnnc2)CC1. The van der Waals surface area contributed by atoms with E-state index in [1.54, 1.807) is 18.5 Å². The fourth-order valence-corrected chi connectivity index (χ4v) is 4.65. The highest BCUT2D eigenvalue weighted by Crippen LogP contribution is 2.42. The van der Waals surface area contributed by atoms with Gasteiger partial charge in [-0.2, -0.15) is 10.2 Å². The Hall–Kier alpha value is -1.69. The number of amides is 1. The molecule has 0 bridgehead atoms. The van der Waals surface area contributed by atoms with Crippen molar-refractivity contribution >= 4 is 29.9 Å². The fourth-order valence-electron chi connectivity index (χ4n) is 4.46. The molecule has 2 aliphatic carbocycles. The number of rotatable bonds is 6. The van der Waals surface area contributed by atoms with Gasteiger partial charge in [0.15, 0.2) is 0 Å². The first kappa shape index (κ1) is 22.0. The van der Waals surface area contributed by atoms with Crippen LogP contribution in [0.3, 0.4) is 0 Å². The third-order valence-corrected chi connectivity index (χ3v) is 6.66. The Morgan fingerprint density at radius 1 is 1.17 bits per heavy atom. The number of aromatic nitrogens is 2. The lowest BCUT2D eigenvalue weighted by atomic mass is 9.68. The van der Waals surface area contributed by atoms with E-state index in [1.165, 1.54) is 18.4 Å². The predicted octanol–water partition coefficient (Wildman–Crippen LogP) is 4.24. The van der Waals surface area contributed by atoms with Crippen LogP contribution < -0.4 is 5.73 Å². The second-order valence-corrected chi connectivity index (χ2v) is 8.69. The number of benzene rings is 1. The first-order chi connectivity index (χ1) is 13.6. The lowest BCUT2D eigenvalue weighted by Gasteiger charge is -2.43. The number of nitrogens with zero attached hydrogens (tertiary/aromatic N) is 3. The smallest absolute Gasteiger partial charge is 0.255 e. The molecule has 2 fully saturated rings. The summed E-state index contributed by atoms with van der Waals surface area (Å²) in [5.74, 6) is 0.725. The van der Waals surface area contributed by atoms with Crippen LogP contribution in [0.4, 0.5) is 0 Å². The van der Waals surface area contributed by atoms with Crippen LogP contribution in [0.2, 0.25) is 5.02 Å². The Morgan fingerprint density at radius 2 is 1.93 bits per heavy atom. The zero-order valence-electron chi connectivity index (χ0n) is 16.5. The molecule has 0 saturated heterocycles. The van der Waals surface area contributed by atoms with Gasteiger partial charge in [0.2, 0.25) is 0 Å². The summed E-state index contributed by atoms with van der Waals surface area (Å²) < 4.78 is 0. The lowest BCUT2D eigenvalue weighted by Crippen LogP contribution is -2.48. The highest BCUT2D eigenvalue weighted by molar-refractivity contribution is 6.30. The second kappa shape index (κ2) is 9.41. The van der Waals surface area contributed by atoms with E-state index >= 15 is 0 Å². The van der Waals surface area contributed by atoms with E-state index in [0.717, 1.165) is 37.3 Å². The summed E-state index contributed by atoms with van der Waals surface area (Å²) in [6, 6.07) is 10.1. The molecule has 29 heavy (non-hydrogen) atoms. The molecular formula is C22H28Cl2N4O. The quantitative estimate of drug-likeness (QED) is 0.737. The van der Waals surface area contributed by atoms with E-state index in [9.17, 15) is 4.79 Å². The van der Waals surface area contributed by atoms with E-state index in [4.69, 9.17) is 17.3 Å². The maximum Gasteiger partial charge on any atom is 0.255 e. The van der Waals surface area contributed by atoms with Gasteiger partial charge in [-0.3, -0.25) is 4.79 Å². The van der Waals surface area contributed by atoms with Crippen LogP contribution in [0.25, 0.3) is 0 Å². The standard InChI is InChI=1S/C22H27ClN4O.ClH/c23-19-3-1-2-18(12-19)22(15-24)9-6-20(7-10-22)27(14-16-4-5-16)21(28)17-8-11-25-26-13-17;/h1-3,8,11-13,16,20H,4-7,9-10,14-15,24H2;1H. The molecule has 2 aromatic rings. The molecule has 0 spiro atoms. The summed E-state index contributed by atoms with van der Waals surface area (Å²) in [5.41, 5.74) is 8.04. The summed E-state index contributed by atoms with van der Waals surface area (Å²) in [5, 5.41) is 8.44. The van der Waals surface area contributed by atoms with Gasteiger partial charge in [-0.25, -0.2) is 0 Å². The van der Waals surface area contributed by atoms with Crippen molar-refractivity contribution in [2.75, 3.05) is 13.1 Å². The molecule has 1 heterocycles. The monoisotopic (exact) mass is 434 g/mol. The van der Waals surface area contributed by atoms with Crippen molar-refractivity contribution in [3.63, 3.8) is 0 Å². The average Bonchev–Trinajstić information content (AvgIpc) is 3.57. The molecule has 1 aromatic heterocycles. The Kier molecular flexibility index (Phi) is 7.14. The van der Waals surface area contributed by atoms with E-state index in [0.29, 0.717) is 18.0 Å². The summed E-state index contributed by atoms with van der Waals surface area (Å²) in [7, 11) is 0. The van der Waals surface area contributed by atoms with Crippen molar-refractivity contribution in [1.82, 2.24) is 15.1 Å². The minimum atomic E-state index is -0.0477. The Bertz CT molecular complexity index is 821. The number of halogens is 2. The van der Waals surface area contributed by atoms with Crippen molar-refractivity contribution in [2.45, 2.75) is 50.0 Å². The first-order valence-corrected chi connectivity index (χ1v) is 10.5. The van der Waals surface area contributed by atoms with Gasteiger partial charge >= 0.3 is 0 Å². The zero-order chi connectivity index (χ0) is 19.6. The van der Waals surface area contributed by atoms with Crippen LogP contribution in [-0.4, -0.2) is 40.1 Å². The first-order valence-electron chi connectivity index (χ1n) is 10.1. The number of hydrogen-bond acceptors (Lipinski definition) is 4. The number of nitrogens with two attached hydrogens (primary N) is 1. The Morgan fingerprint density at radius 3 is 2.52 bits per heavy atom. The van der Waals surface area contributed by atoms with Gasteiger partial charge < -0.3 is 10.6 Å². The van der Waals surface area contributed by atoms with Crippen molar-refractivity contribution in [1.29, 1.82) is 0 Å². The van der Waals surface area contributed by atoms with Crippen LogP contribution in [0.15, 0.2) is 42.7 Å². The molecule has 2 aliphatic rings. The molecule has 0 aliphatic heterocycles. The van der Waals surface area contributed by atoms with Gasteiger partial charge in [-0.1, -0.05) is 23.7 Å². The summed E-state index contributed by atoms with van der Waals surface area (Å²) in [6.07, 6.45) is 9.46. The zero-order valence-corrected chi connectivity index (χ0v) is 18.0. The van der Waals surface area contributed by atoms with Crippen molar-refractivity contribution < 1.29 is 4.79 Å². The van der Waals surface area contributed by atoms with Gasteiger partial charge in [-0.15, -0.1) is 12.4 Å². The van der Waals surface area contributed by atoms with E-state index < -0.39 is 0 Å². The van der Waals surface area contributed by atoms with Crippen molar-refractivity contribution in [3.8, 4) is 0 Å². The van der Waals surface area contributed by atoms with Crippen LogP contribution in [0.1, 0.15) is 54.4 Å². The van der Waals surface area contributed by atoms with Crippen LogP contribution in [0.5, 0.6) is 0 Å². The molecule has 4 rings (SSSR count). The number of hydrogen-bond donors (Lipinski definition) is 1. The van der Waals surface area contributed by atoms with Gasteiger partial charge in [-0.05, 0) is 68.2 Å². The van der Waals surface area contributed by atoms with Gasteiger partial charge in [0.1, 0.15) is 0 Å². The molecule has 0 radical (unpaired) electrons. The predicted molar refractivity (Wildman–Crippen MR) is 117 cm³/mol. The van der Waals surface area contributed by atoms with Gasteiger partial charge in [0.05, 0.1) is 18.0 Å². The second-order valence-electron chi connectivity index (χ2n) is 8.26. The van der Waals surface area contributed by atoms with Crippen LogP contribution in [-0.2, 0) is 5.41 Å². The molecular weight excluding hydrogens is 407 g/mol. The highest BCUT2D eigenvalue weighted by atomic mass is 35.5. The molecule has 156 valence electrons. The summed E-state index contributed by atoms with van der Waals surface area (Å²) in [4.78, 5) is 15.3. The minimum Gasteiger partial charge on any atom is -0.335 e. The maximum absolute atomic E-state index is 13.2. The maximum atomic E-state index is 13.2. The number of carbonyl (C=O) groups excluding carboxylic acids is 1. The van der Waals surface area contributed by atoms with Gasteiger partial charge in [0.25, 0.3) is 5.91 Å². The average molecular weight is 435 g/mol. The van der Waals surface area contributed by atoms with E-state index in [-0.39, 0.29) is 29.8 Å². The minimum absolute atomic E-state index is 0. The molecule has 0 unspecified atom stereocenters. The van der Waals surface area contributed by atoms with E-state index in [2.05, 4.69) is 21.2 Å². The topological polar surface area (TPSA) is 72.1 Å². The Balaban J connectivity index is 0.00000240. The molecule has 1 aromatic carbocycles. The summed E-state index contributed by atoms with van der Waals surface area (Å²) in [6.45, 7) is 1.45. The lowest BCUT2D eigenvalue weighted by molar-refractivity contribution is 0.0581. The molecule has 2 N–H and O–H groups in total. The Labute approximate surface area is 183 Å². The molecule has 2 saturated carbocycles. The van der Waals surface area contributed by atoms with Crippen molar-refractivity contribution in [3.05, 3.63) is 58.9 Å². The third kappa shape index (κ3) is 4.90. The van der Waals surface area contributed by atoms with Gasteiger partial charge in [0, 0.05) is 29.6 Å². The molecule has 7 heteroatoms. The third-order valence-electron chi connectivity index (χ3n) is 6.42. The normalized spacial score (nSPS) is 23.9. The molecule has 0 atom stereocenters. The largest absolute Gasteiger partial charge is 0.335 e. The summed E-state index contributed by atoms with van der Waals surface area (Å²) >= 11 is 6.23. The van der Waals surface area contributed by atoms with Crippen LogP contribution >= 0.6 is 24.0 Å². The van der Waals surface area contributed by atoms with Crippen LogP contribution in [0, 0.1) is 5.92 Å². The van der Waals surface area contributed by atoms with E-state index in [1.807, 2.05) is 18.2 Å². The fraction of sp³-hybridized carbons (Fsp3) is 0.500. The number of carbonyl (C=O) groups is 1. The molecule has 1 amide bonds. The highest BCUT2D eigenvalue weighted by Gasteiger charge is 2.40.